The number of Topliss-reactive ketones (excluding diaryl/α,β-unsaturated/α-hetero) is 3. The molecule has 16 heteroatoms. The number of hydrogen-bond donors (Lipinski definition) is 5. The summed E-state index contributed by atoms with van der Waals surface area (Å²) < 4.78 is 18.1. The van der Waals surface area contributed by atoms with Gasteiger partial charge in [0, 0.05) is 93.2 Å². The standard InChI is InChI=1S/C57H81N5O11/c1-42-17-23-45(24-18-42)49(64)14-9-7-8-13-48(63)29-36-71-39-57(62-53(68)16-10-15-50(65)56(4,5)6,40-72-37-30-51(66)58-32-11-34-60-54(69)46-25-19-43(2)20-26-46)41-73-38-31-52(67)59-33-12-35-61-55(70)47-27-21-44(3)22-28-47/h17-28H,7-16,29-41H2,1-6H3,(H,58,66)(H,59,67)(H,60,69)(H,61,70)(H,62,68). The molecule has 0 saturated heterocycles. The maximum Gasteiger partial charge on any atom is 0.251 e. The van der Waals surface area contributed by atoms with Gasteiger partial charge in [-0.2, -0.15) is 0 Å². The van der Waals surface area contributed by atoms with Crippen LogP contribution in [0.2, 0.25) is 0 Å². The molecule has 5 N–H and O–H groups in total. The third-order valence-corrected chi connectivity index (χ3v) is 11.9. The SMILES string of the molecule is Cc1ccc(C(=O)CCCCCC(=O)CCOCC(COCCC(=O)NCCCNC(=O)c2ccc(C)cc2)(COCCC(=O)NCCCNC(=O)c2ccc(C)cc2)NC(=O)CCCC(=O)C(C)(C)C)cc1. The summed E-state index contributed by atoms with van der Waals surface area (Å²) >= 11 is 0. The first-order valence-electron chi connectivity index (χ1n) is 25.8. The van der Waals surface area contributed by atoms with Gasteiger partial charge in [0.2, 0.25) is 17.7 Å². The summed E-state index contributed by atoms with van der Waals surface area (Å²) in [6.07, 6.45) is 4.47. The molecule has 0 aromatic heterocycles. The second-order valence-electron chi connectivity index (χ2n) is 19.8. The fourth-order valence-corrected chi connectivity index (χ4v) is 7.31. The number of carbonyl (C=O) groups is 8. The zero-order valence-corrected chi connectivity index (χ0v) is 44.2. The largest absolute Gasteiger partial charge is 0.378 e. The molecule has 73 heavy (non-hydrogen) atoms. The second-order valence-corrected chi connectivity index (χ2v) is 19.8. The summed E-state index contributed by atoms with van der Waals surface area (Å²) in [6.45, 7) is 12.3. The van der Waals surface area contributed by atoms with Crippen LogP contribution < -0.4 is 26.6 Å². The van der Waals surface area contributed by atoms with Crippen LogP contribution in [0.1, 0.15) is 152 Å². The number of hydrogen-bond acceptors (Lipinski definition) is 11. The van der Waals surface area contributed by atoms with Gasteiger partial charge in [-0.15, -0.1) is 0 Å². The van der Waals surface area contributed by atoms with Crippen molar-refractivity contribution in [2.45, 2.75) is 131 Å². The highest BCUT2D eigenvalue weighted by Crippen LogP contribution is 2.19. The molecule has 0 saturated carbocycles. The van der Waals surface area contributed by atoms with E-state index in [1.807, 2.05) is 90.1 Å². The van der Waals surface area contributed by atoms with Gasteiger partial charge in [-0.25, -0.2) is 0 Å². The minimum Gasteiger partial charge on any atom is -0.378 e. The van der Waals surface area contributed by atoms with Gasteiger partial charge in [0.05, 0.1) is 39.6 Å². The zero-order valence-electron chi connectivity index (χ0n) is 44.2. The topological polar surface area (TPSA) is 224 Å². The molecular weight excluding hydrogens is 931 g/mol. The highest BCUT2D eigenvalue weighted by Gasteiger charge is 2.34. The molecule has 0 spiro atoms. The van der Waals surface area contributed by atoms with Crippen LogP contribution in [0.3, 0.4) is 0 Å². The summed E-state index contributed by atoms with van der Waals surface area (Å²) in [5, 5.41) is 14.4. The predicted octanol–water partition coefficient (Wildman–Crippen LogP) is 7.05. The lowest BCUT2D eigenvalue weighted by Crippen LogP contribution is -2.58. The molecule has 0 aliphatic rings. The Labute approximate surface area is 432 Å². The van der Waals surface area contributed by atoms with Gasteiger partial charge < -0.3 is 40.8 Å². The molecule has 0 atom stereocenters. The van der Waals surface area contributed by atoms with E-state index < -0.39 is 11.0 Å². The number of rotatable bonds is 37. The van der Waals surface area contributed by atoms with Crippen LogP contribution in [0.5, 0.6) is 0 Å². The highest BCUT2D eigenvalue weighted by molar-refractivity contribution is 5.96. The van der Waals surface area contributed by atoms with Crippen molar-refractivity contribution in [3.8, 4) is 0 Å². The van der Waals surface area contributed by atoms with Crippen molar-refractivity contribution in [2.24, 2.45) is 5.41 Å². The van der Waals surface area contributed by atoms with E-state index in [0.29, 0.717) is 87.8 Å². The maximum atomic E-state index is 13.6. The molecule has 0 aliphatic heterocycles. The van der Waals surface area contributed by atoms with E-state index in [9.17, 15) is 38.4 Å². The van der Waals surface area contributed by atoms with Gasteiger partial charge in [-0.3, -0.25) is 38.4 Å². The zero-order chi connectivity index (χ0) is 53.5. The number of unbranched alkanes of at least 4 members (excludes halogenated alkanes) is 2. The van der Waals surface area contributed by atoms with Crippen molar-refractivity contribution in [1.82, 2.24) is 26.6 Å². The van der Waals surface area contributed by atoms with Crippen molar-refractivity contribution in [1.29, 1.82) is 0 Å². The molecule has 400 valence electrons. The Morgan fingerprint density at radius 2 is 0.822 bits per heavy atom. The summed E-state index contributed by atoms with van der Waals surface area (Å²) in [7, 11) is 0. The number of ether oxygens (including phenoxy) is 3. The van der Waals surface area contributed by atoms with Gasteiger partial charge >= 0.3 is 0 Å². The molecule has 0 aliphatic carbocycles. The quantitative estimate of drug-likeness (QED) is 0.0291. The number of aryl methyl sites for hydroxylation is 3. The summed E-state index contributed by atoms with van der Waals surface area (Å²) in [4.78, 5) is 102. The molecule has 0 radical (unpaired) electrons. The van der Waals surface area contributed by atoms with E-state index in [2.05, 4.69) is 26.6 Å². The molecule has 0 heterocycles. The van der Waals surface area contributed by atoms with Gasteiger partial charge in [-0.05, 0) is 77.1 Å². The van der Waals surface area contributed by atoms with Gasteiger partial charge in [-0.1, -0.05) is 92.4 Å². The highest BCUT2D eigenvalue weighted by atomic mass is 16.5. The molecule has 0 fully saturated rings. The normalized spacial score (nSPS) is 11.4. The van der Waals surface area contributed by atoms with E-state index in [4.69, 9.17) is 14.2 Å². The van der Waals surface area contributed by atoms with E-state index in [0.717, 1.165) is 23.1 Å². The summed E-state index contributed by atoms with van der Waals surface area (Å²) in [5.41, 5.74) is 3.13. The lowest BCUT2D eigenvalue weighted by Gasteiger charge is -2.34. The number of ketones is 3. The number of nitrogens with one attached hydrogen (secondary N) is 5. The van der Waals surface area contributed by atoms with Crippen LogP contribution >= 0.6 is 0 Å². The minimum atomic E-state index is -1.31. The molecular formula is C57H81N5O11. The molecule has 0 bridgehead atoms. The van der Waals surface area contributed by atoms with E-state index in [1.54, 1.807) is 24.3 Å². The predicted molar refractivity (Wildman–Crippen MR) is 281 cm³/mol. The lowest BCUT2D eigenvalue weighted by molar-refractivity contribution is -0.131. The maximum absolute atomic E-state index is 13.6. The molecule has 3 aromatic carbocycles. The smallest absolute Gasteiger partial charge is 0.251 e. The third kappa shape index (κ3) is 26.4. The fourth-order valence-electron chi connectivity index (χ4n) is 7.31. The first-order valence-corrected chi connectivity index (χ1v) is 25.8. The Morgan fingerprint density at radius 3 is 1.27 bits per heavy atom. The molecule has 5 amide bonds. The van der Waals surface area contributed by atoms with Crippen LogP contribution in [-0.4, -0.2) is 118 Å². The van der Waals surface area contributed by atoms with Crippen molar-refractivity contribution in [2.75, 3.05) is 65.8 Å². The Bertz CT molecular complexity index is 1990. The lowest BCUT2D eigenvalue weighted by atomic mass is 9.88. The Morgan fingerprint density at radius 1 is 0.411 bits per heavy atom. The van der Waals surface area contributed by atoms with Gasteiger partial charge in [0.25, 0.3) is 11.8 Å². The molecule has 3 aromatic rings. The summed E-state index contributed by atoms with van der Waals surface area (Å²) in [5.74, 6) is -1.21. The monoisotopic (exact) mass is 1010 g/mol. The Kier molecular flexibility index (Phi) is 28.2. The summed E-state index contributed by atoms with van der Waals surface area (Å²) in [6, 6.07) is 22.0. The molecule has 3 rings (SSSR count). The number of amides is 5. The number of carbonyl (C=O) groups excluding carboxylic acids is 8. The van der Waals surface area contributed by atoms with Crippen LogP contribution in [0, 0.1) is 26.2 Å². The fraction of sp³-hybridized carbons (Fsp3) is 0.544. The van der Waals surface area contributed by atoms with E-state index in [-0.39, 0.29) is 119 Å². The van der Waals surface area contributed by atoms with Crippen LogP contribution in [0.4, 0.5) is 0 Å². The van der Waals surface area contributed by atoms with Crippen molar-refractivity contribution in [3.63, 3.8) is 0 Å². The van der Waals surface area contributed by atoms with Crippen molar-refractivity contribution >= 4 is 46.9 Å². The minimum absolute atomic E-state index is 0.000793. The van der Waals surface area contributed by atoms with Crippen LogP contribution in [-0.2, 0) is 38.2 Å². The van der Waals surface area contributed by atoms with Crippen LogP contribution in [0.25, 0.3) is 0 Å². The average Bonchev–Trinajstić information content (AvgIpc) is 3.35. The van der Waals surface area contributed by atoms with Crippen molar-refractivity contribution in [3.05, 3.63) is 106 Å². The van der Waals surface area contributed by atoms with Gasteiger partial charge in [0.15, 0.2) is 5.78 Å². The van der Waals surface area contributed by atoms with Crippen LogP contribution in [0.15, 0.2) is 72.8 Å². The van der Waals surface area contributed by atoms with E-state index >= 15 is 0 Å². The average molecular weight is 1010 g/mol. The first kappa shape index (κ1) is 61.2. The van der Waals surface area contributed by atoms with E-state index in [1.165, 1.54) is 0 Å². The molecule has 0 unspecified atom stereocenters. The second kappa shape index (κ2) is 33.6. The van der Waals surface area contributed by atoms with Crippen molar-refractivity contribution < 1.29 is 52.6 Å². The Hall–Kier alpha value is -6.10. The Balaban J connectivity index is 1.56. The first-order chi connectivity index (χ1) is 34.9. The molecule has 16 nitrogen and oxygen atoms in total. The van der Waals surface area contributed by atoms with Gasteiger partial charge in [0.1, 0.15) is 17.1 Å². The third-order valence-electron chi connectivity index (χ3n) is 11.9. The number of benzene rings is 3.